The number of pyridine rings is 1. The summed E-state index contributed by atoms with van der Waals surface area (Å²) in [4.78, 5) is 31.8. The molecule has 0 unspecified atom stereocenters. The second-order valence-corrected chi connectivity index (χ2v) is 9.83. The average Bonchev–Trinajstić information content (AvgIpc) is 3.58. The van der Waals surface area contributed by atoms with E-state index in [9.17, 15) is 9.59 Å². The highest BCUT2D eigenvalue weighted by Gasteiger charge is 2.26. The quantitative estimate of drug-likeness (QED) is 0.376. The van der Waals surface area contributed by atoms with E-state index < -0.39 is 0 Å². The van der Waals surface area contributed by atoms with Gasteiger partial charge in [0.1, 0.15) is 11.3 Å². The predicted molar refractivity (Wildman–Crippen MR) is 136 cm³/mol. The summed E-state index contributed by atoms with van der Waals surface area (Å²) in [5.41, 5.74) is 2.75. The number of thiazole rings is 1. The number of carbonyl (C=O) groups is 1. The molecular weight excluding hydrogens is 448 g/mol. The lowest BCUT2D eigenvalue weighted by Gasteiger charge is -2.16. The zero-order valence-corrected chi connectivity index (χ0v) is 19.8. The maximum atomic E-state index is 13.7. The molecule has 0 saturated heterocycles. The normalized spacial score (nSPS) is 14.4. The van der Waals surface area contributed by atoms with Gasteiger partial charge < -0.3 is 13.9 Å². The van der Waals surface area contributed by atoms with Gasteiger partial charge in [0.05, 0.1) is 22.9 Å². The summed E-state index contributed by atoms with van der Waals surface area (Å²) in [5, 5.41) is 5.10. The van der Waals surface area contributed by atoms with Crippen molar-refractivity contribution in [3.8, 4) is 5.75 Å². The van der Waals surface area contributed by atoms with Crippen LogP contribution in [-0.2, 0) is 7.05 Å². The Bertz CT molecular complexity index is 1640. The van der Waals surface area contributed by atoms with Gasteiger partial charge >= 0.3 is 0 Å². The van der Waals surface area contributed by atoms with E-state index in [1.807, 2.05) is 54.1 Å². The predicted octanol–water partition coefficient (Wildman–Crippen LogP) is 5.48. The minimum atomic E-state index is -0.265. The minimum absolute atomic E-state index is 0.0377. The molecule has 0 atom stereocenters. The van der Waals surface area contributed by atoms with Crippen LogP contribution in [0.2, 0.25) is 0 Å². The molecule has 3 heterocycles. The summed E-state index contributed by atoms with van der Waals surface area (Å²) in [6, 6.07) is 13.6. The number of rotatable bonds is 4. The number of carbonyl (C=O) groups excluding carboxylic acids is 1. The van der Waals surface area contributed by atoms with E-state index in [-0.39, 0.29) is 17.5 Å². The van der Waals surface area contributed by atoms with Crippen molar-refractivity contribution in [1.82, 2.24) is 14.1 Å². The third-order valence-corrected chi connectivity index (χ3v) is 7.79. The Balaban J connectivity index is 1.52. The number of aryl methyl sites for hydroxylation is 1. The summed E-state index contributed by atoms with van der Waals surface area (Å²) in [6.07, 6.45) is 5.87. The van der Waals surface area contributed by atoms with Crippen molar-refractivity contribution in [3.63, 3.8) is 0 Å². The first-order valence-corrected chi connectivity index (χ1v) is 12.2. The van der Waals surface area contributed by atoms with E-state index in [0.717, 1.165) is 52.6 Å². The van der Waals surface area contributed by atoms with Gasteiger partial charge in [0, 0.05) is 35.6 Å². The van der Waals surface area contributed by atoms with Crippen LogP contribution in [0.15, 0.2) is 53.5 Å². The maximum Gasteiger partial charge on any atom is 0.275 e. The molecule has 0 radical (unpaired) electrons. The molecule has 1 amide bonds. The lowest BCUT2D eigenvalue weighted by atomic mass is 10.1. The smallest absolute Gasteiger partial charge is 0.275 e. The van der Waals surface area contributed by atoms with Crippen molar-refractivity contribution >= 4 is 54.4 Å². The van der Waals surface area contributed by atoms with Crippen molar-refractivity contribution in [2.75, 3.05) is 12.4 Å². The Morgan fingerprint density at radius 1 is 1.18 bits per heavy atom. The third kappa shape index (κ3) is 3.20. The molecule has 3 aromatic heterocycles. The summed E-state index contributed by atoms with van der Waals surface area (Å²) < 4.78 is 9.93. The van der Waals surface area contributed by atoms with Crippen LogP contribution in [0.25, 0.3) is 32.0 Å². The van der Waals surface area contributed by atoms with Crippen LogP contribution in [0.1, 0.15) is 42.1 Å². The molecule has 2 aromatic carbocycles. The van der Waals surface area contributed by atoms with Gasteiger partial charge in [-0.05, 0) is 37.1 Å². The second kappa shape index (κ2) is 7.99. The number of anilines is 1. The van der Waals surface area contributed by atoms with E-state index in [1.165, 1.54) is 11.3 Å². The zero-order valence-electron chi connectivity index (χ0n) is 19.0. The van der Waals surface area contributed by atoms with Crippen LogP contribution < -0.4 is 15.6 Å². The molecule has 6 rings (SSSR count). The molecule has 172 valence electrons. The zero-order chi connectivity index (χ0) is 23.4. The number of fused-ring (bicyclic) bond motifs is 4. The largest absolute Gasteiger partial charge is 0.497 e. The Morgan fingerprint density at radius 2 is 1.97 bits per heavy atom. The topological polar surface area (TPSA) is 78.2 Å². The molecule has 1 N–H and O–H groups in total. The lowest BCUT2D eigenvalue weighted by molar-refractivity contribution is 0.102. The monoisotopic (exact) mass is 472 g/mol. The molecule has 5 aromatic rings. The lowest BCUT2D eigenvalue weighted by Crippen LogP contribution is -2.27. The van der Waals surface area contributed by atoms with Gasteiger partial charge in [0.2, 0.25) is 0 Å². The van der Waals surface area contributed by atoms with Crippen LogP contribution in [0, 0.1) is 0 Å². The van der Waals surface area contributed by atoms with Gasteiger partial charge in [0.15, 0.2) is 5.13 Å². The van der Waals surface area contributed by atoms with Crippen molar-refractivity contribution in [2.45, 2.75) is 31.7 Å². The number of amides is 1. The number of benzene rings is 2. The van der Waals surface area contributed by atoms with Gasteiger partial charge in [-0.15, -0.1) is 0 Å². The van der Waals surface area contributed by atoms with E-state index in [2.05, 4.69) is 10.3 Å². The first-order valence-electron chi connectivity index (χ1n) is 11.4. The summed E-state index contributed by atoms with van der Waals surface area (Å²) in [7, 11) is 3.52. The van der Waals surface area contributed by atoms with Gasteiger partial charge in [-0.25, -0.2) is 4.98 Å². The van der Waals surface area contributed by atoms with Crippen LogP contribution in [0.4, 0.5) is 5.13 Å². The van der Waals surface area contributed by atoms with Crippen molar-refractivity contribution in [3.05, 3.63) is 64.6 Å². The number of hydrogen-bond donors (Lipinski definition) is 1. The molecule has 7 nitrogen and oxygen atoms in total. The van der Waals surface area contributed by atoms with Crippen LogP contribution in [-0.4, -0.2) is 27.1 Å². The fourth-order valence-electron chi connectivity index (χ4n) is 5.18. The van der Waals surface area contributed by atoms with Crippen molar-refractivity contribution in [2.24, 2.45) is 7.05 Å². The first-order chi connectivity index (χ1) is 16.5. The van der Waals surface area contributed by atoms with Crippen LogP contribution in [0.5, 0.6) is 5.75 Å². The highest BCUT2D eigenvalue weighted by atomic mass is 32.1. The molecule has 0 spiro atoms. The Kier molecular flexibility index (Phi) is 4.91. The number of methoxy groups -OCH3 is 1. The fourth-order valence-corrected chi connectivity index (χ4v) is 6.07. The van der Waals surface area contributed by atoms with Gasteiger partial charge in [-0.3, -0.25) is 14.9 Å². The Morgan fingerprint density at radius 3 is 2.76 bits per heavy atom. The van der Waals surface area contributed by atoms with Gasteiger partial charge in [0.25, 0.3) is 11.5 Å². The highest BCUT2D eigenvalue weighted by Crippen LogP contribution is 2.34. The molecule has 0 aliphatic heterocycles. The fraction of sp³-hybridized carbons (Fsp3) is 0.269. The summed E-state index contributed by atoms with van der Waals surface area (Å²) in [5.74, 6) is 0.481. The maximum absolute atomic E-state index is 13.7. The van der Waals surface area contributed by atoms with E-state index in [4.69, 9.17) is 4.74 Å². The third-order valence-electron chi connectivity index (χ3n) is 6.86. The van der Waals surface area contributed by atoms with Gasteiger partial charge in [-0.1, -0.05) is 42.4 Å². The number of aromatic nitrogens is 3. The van der Waals surface area contributed by atoms with Crippen molar-refractivity contribution in [1.29, 1.82) is 0 Å². The minimum Gasteiger partial charge on any atom is -0.497 e. The Hall–Kier alpha value is -3.65. The number of hydrogen-bond acceptors (Lipinski definition) is 5. The van der Waals surface area contributed by atoms with Crippen molar-refractivity contribution < 1.29 is 9.53 Å². The number of ether oxygens (including phenoxy) is 1. The van der Waals surface area contributed by atoms with E-state index in [0.29, 0.717) is 21.6 Å². The average molecular weight is 473 g/mol. The van der Waals surface area contributed by atoms with E-state index >= 15 is 0 Å². The number of para-hydroxylation sites is 1. The summed E-state index contributed by atoms with van der Waals surface area (Å²) >= 11 is 1.40. The molecule has 8 heteroatoms. The standard InChI is InChI=1S/C26H24N4O3S/c1-29-20-10-6-5-9-17(20)22-18(14-30(25(32)23(22)29)15-7-3-4-8-15)24(31)28-26-27-19-12-11-16(33-2)13-21(19)34-26/h5-6,9-15H,3-4,7-8H2,1-2H3,(H,27,28,31). The Labute approximate surface area is 199 Å². The van der Waals surface area contributed by atoms with Crippen LogP contribution in [0.3, 0.4) is 0 Å². The molecule has 1 aliphatic carbocycles. The molecule has 34 heavy (non-hydrogen) atoms. The molecular formula is C26H24N4O3S. The molecule has 1 aliphatic rings. The molecule has 1 fully saturated rings. The molecule has 0 bridgehead atoms. The highest BCUT2D eigenvalue weighted by molar-refractivity contribution is 7.22. The second-order valence-electron chi connectivity index (χ2n) is 8.80. The van der Waals surface area contributed by atoms with Crippen LogP contribution >= 0.6 is 11.3 Å². The first kappa shape index (κ1) is 20.9. The summed E-state index contributed by atoms with van der Waals surface area (Å²) in [6.45, 7) is 0. The molecule has 1 saturated carbocycles. The SMILES string of the molecule is COc1ccc2nc(NC(=O)c3cn(C4CCCC4)c(=O)c4c3c3ccccc3n4C)sc2c1. The van der Waals surface area contributed by atoms with E-state index in [1.54, 1.807) is 17.9 Å². The van der Waals surface area contributed by atoms with Gasteiger partial charge in [-0.2, -0.15) is 0 Å². The number of nitrogens with one attached hydrogen (secondary N) is 1. The number of nitrogens with zero attached hydrogens (tertiary/aromatic N) is 3.